The molecular formula is C19H19ClFNO4S. The number of halogens is 2. The highest BCUT2D eigenvalue weighted by atomic mass is 35.5. The quantitative estimate of drug-likeness (QED) is 0.772. The molecule has 0 aromatic heterocycles. The molecule has 1 saturated heterocycles. The zero-order valence-electron chi connectivity index (χ0n) is 14.6. The highest BCUT2D eigenvalue weighted by Gasteiger charge is 2.51. The maximum atomic E-state index is 13.9. The van der Waals surface area contributed by atoms with Crippen molar-refractivity contribution in [3.8, 4) is 5.75 Å². The molecule has 0 bridgehead atoms. The molecule has 27 heavy (non-hydrogen) atoms. The monoisotopic (exact) mass is 411 g/mol. The van der Waals surface area contributed by atoms with Crippen LogP contribution in [-0.4, -0.2) is 39.6 Å². The van der Waals surface area contributed by atoms with Crippen LogP contribution in [-0.2, 0) is 14.8 Å². The first-order valence-electron chi connectivity index (χ1n) is 8.60. The molecule has 2 aliphatic heterocycles. The average Bonchev–Trinajstić information content (AvgIpc) is 3.02. The van der Waals surface area contributed by atoms with E-state index in [2.05, 4.69) is 0 Å². The van der Waals surface area contributed by atoms with Crippen molar-refractivity contribution in [1.29, 1.82) is 0 Å². The Morgan fingerprint density at radius 1 is 1.26 bits per heavy atom. The van der Waals surface area contributed by atoms with E-state index in [1.54, 1.807) is 25.3 Å². The van der Waals surface area contributed by atoms with Crippen molar-refractivity contribution >= 4 is 21.6 Å². The van der Waals surface area contributed by atoms with E-state index in [9.17, 15) is 12.8 Å². The molecule has 2 aromatic rings. The van der Waals surface area contributed by atoms with E-state index in [4.69, 9.17) is 21.1 Å². The molecule has 2 aromatic carbocycles. The predicted octanol–water partition coefficient (Wildman–Crippen LogP) is 3.50. The van der Waals surface area contributed by atoms with Crippen LogP contribution in [0.2, 0.25) is 5.02 Å². The fourth-order valence-electron chi connectivity index (χ4n) is 4.01. The Kier molecular flexibility index (Phi) is 4.88. The second kappa shape index (κ2) is 7.05. The standard InChI is InChI=1S/C19H19ClFNO4S/c1-25-10-12-9-22(27(23,24)15-5-2-13(20)3-6-15)19-16-8-14(21)4-7-18(16)26-11-17(12)19/h2-8,12,17,19H,9-11H2,1H3/t12-,17-,19-/m0/s1. The second-order valence-corrected chi connectivity index (χ2v) is 9.17. The Labute approximate surface area is 162 Å². The minimum absolute atomic E-state index is 0.0431. The third-order valence-electron chi connectivity index (χ3n) is 5.26. The summed E-state index contributed by atoms with van der Waals surface area (Å²) < 4.78 is 53.2. The van der Waals surface area contributed by atoms with Crippen molar-refractivity contribution in [3.05, 3.63) is 58.9 Å². The van der Waals surface area contributed by atoms with Crippen molar-refractivity contribution in [2.45, 2.75) is 10.9 Å². The number of rotatable bonds is 4. The van der Waals surface area contributed by atoms with Crippen LogP contribution in [0.1, 0.15) is 11.6 Å². The highest BCUT2D eigenvalue weighted by Crippen LogP contribution is 2.49. The van der Waals surface area contributed by atoms with Gasteiger partial charge in [-0.15, -0.1) is 0 Å². The molecule has 2 aliphatic rings. The van der Waals surface area contributed by atoms with E-state index in [0.717, 1.165) is 0 Å². The fourth-order valence-corrected chi connectivity index (χ4v) is 5.85. The maximum Gasteiger partial charge on any atom is 0.243 e. The lowest BCUT2D eigenvalue weighted by Gasteiger charge is -2.34. The van der Waals surface area contributed by atoms with Gasteiger partial charge in [0.1, 0.15) is 11.6 Å². The van der Waals surface area contributed by atoms with Gasteiger partial charge in [0.05, 0.1) is 24.2 Å². The van der Waals surface area contributed by atoms with Crippen LogP contribution < -0.4 is 4.74 Å². The lowest BCUT2D eigenvalue weighted by Crippen LogP contribution is -2.35. The van der Waals surface area contributed by atoms with Gasteiger partial charge in [0, 0.05) is 36.1 Å². The molecule has 0 aliphatic carbocycles. The molecule has 3 atom stereocenters. The molecule has 2 heterocycles. The van der Waals surface area contributed by atoms with Gasteiger partial charge in [-0.1, -0.05) is 11.6 Å². The van der Waals surface area contributed by atoms with Crippen molar-refractivity contribution in [1.82, 2.24) is 4.31 Å². The van der Waals surface area contributed by atoms with Crippen molar-refractivity contribution in [2.75, 3.05) is 26.9 Å². The molecule has 8 heteroatoms. The lowest BCUT2D eigenvalue weighted by molar-refractivity contribution is 0.101. The summed E-state index contributed by atoms with van der Waals surface area (Å²) in [5.41, 5.74) is 0.558. The number of fused-ring (bicyclic) bond motifs is 3. The van der Waals surface area contributed by atoms with Crippen LogP contribution >= 0.6 is 11.6 Å². The molecule has 0 amide bonds. The SMILES string of the molecule is COC[C@@H]1CN(S(=O)(=O)c2ccc(Cl)cc2)[C@H]2c3cc(F)ccc3OC[C@@H]12. The Hall–Kier alpha value is -1.67. The zero-order chi connectivity index (χ0) is 19.2. The van der Waals surface area contributed by atoms with E-state index >= 15 is 0 Å². The van der Waals surface area contributed by atoms with Crippen molar-refractivity contribution in [2.24, 2.45) is 11.8 Å². The minimum Gasteiger partial charge on any atom is -0.493 e. The number of sulfonamides is 1. The summed E-state index contributed by atoms with van der Waals surface area (Å²) in [7, 11) is -2.21. The fraction of sp³-hybridized carbons (Fsp3) is 0.368. The van der Waals surface area contributed by atoms with E-state index in [0.29, 0.717) is 29.5 Å². The number of hydrogen-bond acceptors (Lipinski definition) is 4. The molecule has 0 N–H and O–H groups in total. The Bertz CT molecular complexity index is 951. The largest absolute Gasteiger partial charge is 0.493 e. The van der Waals surface area contributed by atoms with Crippen LogP contribution in [0.15, 0.2) is 47.4 Å². The van der Waals surface area contributed by atoms with Crippen molar-refractivity contribution in [3.63, 3.8) is 0 Å². The van der Waals surface area contributed by atoms with Crippen LogP contribution in [0.3, 0.4) is 0 Å². The van der Waals surface area contributed by atoms with Crippen LogP contribution in [0.4, 0.5) is 4.39 Å². The van der Waals surface area contributed by atoms with E-state index in [1.807, 2.05) is 0 Å². The average molecular weight is 412 g/mol. The summed E-state index contributed by atoms with van der Waals surface area (Å²) in [5.74, 6) is -0.0520. The molecule has 1 fully saturated rings. The van der Waals surface area contributed by atoms with Crippen LogP contribution in [0.5, 0.6) is 5.75 Å². The number of nitrogens with zero attached hydrogens (tertiary/aromatic N) is 1. The predicted molar refractivity (Wildman–Crippen MR) is 98.8 cm³/mol. The summed E-state index contributed by atoms with van der Waals surface area (Å²) in [6.45, 7) is 1.05. The van der Waals surface area contributed by atoms with E-state index in [1.165, 1.54) is 28.6 Å². The number of benzene rings is 2. The summed E-state index contributed by atoms with van der Waals surface area (Å²) >= 11 is 5.90. The number of ether oxygens (including phenoxy) is 2. The molecule has 144 valence electrons. The molecule has 0 unspecified atom stereocenters. The van der Waals surface area contributed by atoms with Gasteiger partial charge < -0.3 is 9.47 Å². The molecule has 0 spiro atoms. The summed E-state index contributed by atoms with van der Waals surface area (Å²) in [4.78, 5) is 0.160. The summed E-state index contributed by atoms with van der Waals surface area (Å²) in [6, 6.07) is 9.82. The molecule has 5 nitrogen and oxygen atoms in total. The summed E-state index contributed by atoms with van der Waals surface area (Å²) in [6.07, 6.45) is 0. The lowest BCUT2D eigenvalue weighted by atomic mass is 9.86. The van der Waals surface area contributed by atoms with Crippen LogP contribution in [0.25, 0.3) is 0 Å². The first kappa shape index (κ1) is 18.7. The third kappa shape index (κ3) is 3.23. The van der Waals surface area contributed by atoms with Gasteiger partial charge in [-0.05, 0) is 42.5 Å². The molecule has 0 saturated carbocycles. The normalized spacial score (nSPS) is 24.9. The van der Waals surface area contributed by atoms with Gasteiger partial charge >= 0.3 is 0 Å². The highest BCUT2D eigenvalue weighted by molar-refractivity contribution is 7.89. The molecule has 4 rings (SSSR count). The van der Waals surface area contributed by atoms with Gasteiger partial charge in [0.25, 0.3) is 0 Å². The molecular weight excluding hydrogens is 393 g/mol. The maximum absolute atomic E-state index is 13.9. The Balaban J connectivity index is 1.81. The second-order valence-electron chi connectivity index (χ2n) is 6.85. The smallest absolute Gasteiger partial charge is 0.243 e. The first-order chi connectivity index (χ1) is 12.9. The van der Waals surface area contributed by atoms with Gasteiger partial charge in [0.15, 0.2) is 0 Å². The first-order valence-corrected chi connectivity index (χ1v) is 10.4. The van der Waals surface area contributed by atoms with Gasteiger partial charge in [-0.2, -0.15) is 4.31 Å². The van der Waals surface area contributed by atoms with E-state index in [-0.39, 0.29) is 23.3 Å². The zero-order valence-corrected chi connectivity index (χ0v) is 16.2. The minimum atomic E-state index is -3.79. The number of hydrogen-bond donors (Lipinski definition) is 0. The van der Waals surface area contributed by atoms with Gasteiger partial charge in [-0.25, -0.2) is 12.8 Å². The van der Waals surface area contributed by atoms with Gasteiger partial charge in [0.2, 0.25) is 10.0 Å². The van der Waals surface area contributed by atoms with Crippen molar-refractivity contribution < 1.29 is 22.3 Å². The Morgan fingerprint density at radius 2 is 2.00 bits per heavy atom. The summed E-state index contributed by atoms with van der Waals surface area (Å²) in [5, 5.41) is 0.462. The van der Waals surface area contributed by atoms with E-state index < -0.39 is 21.9 Å². The third-order valence-corrected chi connectivity index (χ3v) is 7.37. The molecule has 0 radical (unpaired) electrons. The Morgan fingerprint density at radius 3 is 2.70 bits per heavy atom. The van der Waals surface area contributed by atoms with Crippen LogP contribution in [0, 0.1) is 17.7 Å². The topological polar surface area (TPSA) is 55.8 Å². The van der Waals surface area contributed by atoms with Gasteiger partial charge in [-0.3, -0.25) is 0 Å². The number of methoxy groups -OCH3 is 1.